The molecule has 1 heterocycles. The number of rotatable bonds is 4. The summed E-state index contributed by atoms with van der Waals surface area (Å²) < 4.78 is 10.7. The Labute approximate surface area is 109 Å². The quantitative estimate of drug-likeness (QED) is 0.630. The number of nitriles is 1. The molecule has 1 aromatic heterocycles. The highest BCUT2D eigenvalue weighted by Gasteiger charge is 2.14. The van der Waals surface area contributed by atoms with E-state index in [1.54, 1.807) is 24.3 Å². The monoisotopic (exact) mass is 257 g/mol. The fourth-order valence-electron chi connectivity index (χ4n) is 1.47. The first-order chi connectivity index (χ1) is 9.30. The predicted molar refractivity (Wildman–Crippen MR) is 67.6 cm³/mol. The Hall–Kier alpha value is -2.85. The van der Waals surface area contributed by atoms with E-state index < -0.39 is 0 Å². The van der Waals surface area contributed by atoms with E-state index in [4.69, 9.17) is 20.6 Å². The maximum Gasteiger partial charge on any atom is 0.268 e. The molecule has 0 unspecified atom stereocenters. The zero-order valence-electron chi connectivity index (χ0n) is 10.1. The third-order valence-corrected chi connectivity index (χ3v) is 2.33. The number of hydrogen-bond acceptors (Lipinski definition) is 7. The van der Waals surface area contributed by atoms with Crippen molar-refractivity contribution in [1.29, 1.82) is 5.26 Å². The second-order valence-corrected chi connectivity index (χ2v) is 3.42. The first-order valence-electron chi connectivity index (χ1n) is 5.32. The topological polar surface area (TPSA) is 106 Å². The predicted octanol–water partition coefficient (Wildman–Crippen LogP) is 1.43. The Kier molecular flexibility index (Phi) is 3.75. The molecule has 0 fully saturated rings. The largest absolute Gasteiger partial charge is 0.489 e. The number of benzene rings is 1. The molecule has 1 aromatic carbocycles. The Morgan fingerprint density at radius 1 is 1.32 bits per heavy atom. The van der Waals surface area contributed by atoms with Gasteiger partial charge in [-0.05, 0) is 12.1 Å². The summed E-state index contributed by atoms with van der Waals surface area (Å²) in [6, 6.07) is 8.84. The van der Waals surface area contributed by atoms with Gasteiger partial charge in [0.05, 0.1) is 12.7 Å². The third-order valence-electron chi connectivity index (χ3n) is 2.33. The molecule has 0 saturated heterocycles. The number of nitrogens with one attached hydrogen (secondary N) is 1. The van der Waals surface area contributed by atoms with E-state index in [1.807, 2.05) is 6.07 Å². The van der Waals surface area contributed by atoms with E-state index in [2.05, 4.69) is 15.4 Å². The van der Waals surface area contributed by atoms with Gasteiger partial charge in [0.1, 0.15) is 18.1 Å². The lowest BCUT2D eigenvalue weighted by molar-refractivity contribution is 0.368. The van der Waals surface area contributed by atoms with Crippen molar-refractivity contribution in [1.82, 2.24) is 9.97 Å². The average molecular weight is 257 g/mol. The van der Waals surface area contributed by atoms with E-state index in [1.165, 1.54) is 13.4 Å². The third kappa shape index (κ3) is 2.53. The lowest BCUT2D eigenvalue weighted by Crippen LogP contribution is -2.11. The van der Waals surface area contributed by atoms with E-state index in [-0.39, 0.29) is 11.6 Å². The van der Waals surface area contributed by atoms with Crippen molar-refractivity contribution in [3.05, 3.63) is 36.2 Å². The molecular weight excluding hydrogens is 246 g/mol. The van der Waals surface area contributed by atoms with E-state index in [0.29, 0.717) is 17.1 Å². The Morgan fingerprint density at radius 3 is 2.79 bits per heavy atom. The summed E-state index contributed by atoms with van der Waals surface area (Å²) in [4.78, 5) is 7.86. The summed E-state index contributed by atoms with van der Waals surface area (Å²) >= 11 is 0. The Balaban J connectivity index is 2.41. The molecule has 0 aliphatic carbocycles. The molecule has 0 aliphatic rings. The molecule has 0 atom stereocenters. The van der Waals surface area contributed by atoms with Crippen LogP contribution >= 0.6 is 0 Å². The van der Waals surface area contributed by atoms with E-state index >= 15 is 0 Å². The van der Waals surface area contributed by atoms with Crippen LogP contribution in [0.15, 0.2) is 30.6 Å². The standard InChI is InChI=1S/C12H11N5O2/c1-18-10-11(17-14)15-7-16-12(10)19-9-5-3-2-4-8(9)6-13/h2-5,7H,14H2,1H3,(H,15,16,17). The molecule has 0 spiro atoms. The Morgan fingerprint density at radius 2 is 2.11 bits per heavy atom. The van der Waals surface area contributed by atoms with Crippen molar-refractivity contribution in [2.45, 2.75) is 0 Å². The van der Waals surface area contributed by atoms with Gasteiger partial charge in [0.15, 0.2) is 5.82 Å². The van der Waals surface area contributed by atoms with Gasteiger partial charge in [0.25, 0.3) is 5.88 Å². The van der Waals surface area contributed by atoms with Crippen molar-refractivity contribution in [2.24, 2.45) is 5.84 Å². The number of hydrazine groups is 1. The molecule has 0 bridgehead atoms. The molecule has 0 radical (unpaired) electrons. The number of methoxy groups -OCH3 is 1. The summed E-state index contributed by atoms with van der Waals surface area (Å²) in [6.07, 6.45) is 1.28. The lowest BCUT2D eigenvalue weighted by Gasteiger charge is -2.12. The number of anilines is 1. The molecule has 0 saturated carbocycles. The molecule has 2 rings (SSSR count). The van der Waals surface area contributed by atoms with Crippen LogP contribution in [-0.4, -0.2) is 17.1 Å². The number of nitrogens with zero attached hydrogens (tertiary/aromatic N) is 3. The average Bonchev–Trinajstić information content (AvgIpc) is 2.47. The zero-order valence-corrected chi connectivity index (χ0v) is 10.1. The minimum absolute atomic E-state index is 0.174. The number of nitrogens with two attached hydrogens (primary N) is 1. The van der Waals surface area contributed by atoms with Crippen LogP contribution in [0.3, 0.4) is 0 Å². The summed E-state index contributed by atoms with van der Waals surface area (Å²) in [5.41, 5.74) is 2.77. The fourth-order valence-corrected chi connectivity index (χ4v) is 1.47. The fraction of sp³-hybridized carbons (Fsp3) is 0.0833. The van der Waals surface area contributed by atoms with Gasteiger partial charge in [-0.15, -0.1) is 0 Å². The molecular formula is C12H11N5O2. The van der Waals surface area contributed by atoms with Gasteiger partial charge in [-0.3, -0.25) is 0 Å². The van der Waals surface area contributed by atoms with Crippen LogP contribution in [0.25, 0.3) is 0 Å². The second kappa shape index (κ2) is 5.66. The highest BCUT2D eigenvalue weighted by atomic mass is 16.5. The minimum atomic E-state index is 0.174. The molecule has 96 valence electrons. The van der Waals surface area contributed by atoms with Crippen molar-refractivity contribution in [3.63, 3.8) is 0 Å². The van der Waals surface area contributed by atoms with Crippen molar-refractivity contribution < 1.29 is 9.47 Å². The first-order valence-corrected chi connectivity index (χ1v) is 5.32. The molecule has 3 N–H and O–H groups in total. The van der Waals surface area contributed by atoms with Crippen LogP contribution in [0.5, 0.6) is 17.4 Å². The first kappa shape index (κ1) is 12.6. The van der Waals surface area contributed by atoms with Gasteiger partial charge in [0, 0.05) is 0 Å². The van der Waals surface area contributed by atoms with Gasteiger partial charge in [-0.1, -0.05) is 12.1 Å². The summed E-state index contributed by atoms with van der Waals surface area (Å²) in [6.45, 7) is 0. The normalized spacial score (nSPS) is 9.53. The van der Waals surface area contributed by atoms with Crippen LogP contribution in [0.1, 0.15) is 5.56 Å². The van der Waals surface area contributed by atoms with Gasteiger partial charge in [-0.25, -0.2) is 10.8 Å². The van der Waals surface area contributed by atoms with Crippen LogP contribution in [0, 0.1) is 11.3 Å². The maximum atomic E-state index is 9.00. The smallest absolute Gasteiger partial charge is 0.268 e. The van der Waals surface area contributed by atoms with Crippen molar-refractivity contribution in [2.75, 3.05) is 12.5 Å². The number of para-hydroxylation sites is 1. The van der Waals surface area contributed by atoms with Crippen LogP contribution in [0.2, 0.25) is 0 Å². The lowest BCUT2D eigenvalue weighted by atomic mass is 10.2. The summed E-state index contributed by atoms with van der Waals surface area (Å²) in [5, 5.41) is 9.00. The van der Waals surface area contributed by atoms with E-state index in [0.717, 1.165) is 0 Å². The van der Waals surface area contributed by atoms with Gasteiger partial charge in [-0.2, -0.15) is 10.2 Å². The molecule has 7 heteroatoms. The minimum Gasteiger partial charge on any atom is -0.489 e. The Bertz CT molecular complexity index is 624. The molecule has 0 amide bonds. The summed E-state index contributed by atoms with van der Waals surface area (Å²) in [7, 11) is 1.45. The summed E-state index contributed by atoms with van der Waals surface area (Å²) in [5.74, 6) is 6.43. The second-order valence-electron chi connectivity index (χ2n) is 3.42. The molecule has 7 nitrogen and oxygen atoms in total. The van der Waals surface area contributed by atoms with E-state index in [9.17, 15) is 0 Å². The van der Waals surface area contributed by atoms with Crippen molar-refractivity contribution in [3.8, 4) is 23.4 Å². The SMILES string of the molecule is COc1c(NN)ncnc1Oc1ccccc1C#N. The number of hydrogen-bond donors (Lipinski definition) is 2. The van der Waals surface area contributed by atoms with Gasteiger partial charge < -0.3 is 14.9 Å². The molecule has 0 aliphatic heterocycles. The zero-order chi connectivity index (χ0) is 13.7. The number of nitrogen functional groups attached to an aromatic ring is 1. The van der Waals surface area contributed by atoms with Gasteiger partial charge >= 0.3 is 0 Å². The highest BCUT2D eigenvalue weighted by Crippen LogP contribution is 2.34. The number of ether oxygens (including phenoxy) is 2. The molecule has 19 heavy (non-hydrogen) atoms. The van der Waals surface area contributed by atoms with Crippen molar-refractivity contribution >= 4 is 5.82 Å². The number of aromatic nitrogens is 2. The van der Waals surface area contributed by atoms with Crippen LogP contribution in [-0.2, 0) is 0 Å². The highest BCUT2D eigenvalue weighted by molar-refractivity contribution is 5.56. The molecule has 2 aromatic rings. The maximum absolute atomic E-state index is 9.00. The van der Waals surface area contributed by atoms with Crippen LogP contribution in [0.4, 0.5) is 5.82 Å². The van der Waals surface area contributed by atoms with Crippen LogP contribution < -0.4 is 20.7 Å². The van der Waals surface area contributed by atoms with Gasteiger partial charge in [0.2, 0.25) is 5.75 Å².